The highest BCUT2D eigenvalue weighted by atomic mass is 14.9. The van der Waals surface area contributed by atoms with Gasteiger partial charge in [-0.05, 0) is 31.7 Å². The van der Waals surface area contributed by atoms with E-state index in [1.54, 1.807) is 0 Å². The third-order valence-electron chi connectivity index (χ3n) is 4.70. The van der Waals surface area contributed by atoms with Gasteiger partial charge in [-0.25, -0.2) is 0 Å². The molecular formula is C19H39N. The SMILES string of the molecule is CCCCCCCCCCCCC(C)CCNC1CC1. The zero-order valence-corrected chi connectivity index (χ0v) is 14.3. The molecule has 1 saturated carbocycles. The van der Waals surface area contributed by atoms with Gasteiger partial charge in [-0.2, -0.15) is 0 Å². The van der Waals surface area contributed by atoms with Crippen molar-refractivity contribution in [1.82, 2.24) is 5.32 Å². The molecule has 0 aliphatic heterocycles. The van der Waals surface area contributed by atoms with E-state index in [1.807, 2.05) is 0 Å². The number of hydrogen-bond donors (Lipinski definition) is 1. The molecular weight excluding hydrogens is 242 g/mol. The van der Waals surface area contributed by atoms with Crippen molar-refractivity contribution in [3.8, 4) is 0 Å². The molecule has 0 aromatic heterocycles. The Kier molecular flexibility index (Phi) is 11.4. The minimum Gasteiger partial charge on any atom is -0.314 e. The van der Waals surface area contributed by atoms with Crippen molar-refractivity contribution >= 4 is 0 Å². The second-order valence-electron chi connectivity index (χ2n) is 7.09. The van der Waals surface area contributed by atoms with Gasteiger partial charge in [0.25, 0.3) is 0 Å². The van der Waals surface area contributed by atoms with Crippen molar-refractivity contribution in [2.24, 2.45) is 5.92 Å². The van der Waals surface area contributed by atoms with Crippen LogP contribution in [0.4, 0.5) is 0 Å². The highest BCUT2D eigenvalue weighted by Gasteiger charge is 2.19. The molecule has 0 amide bonds. The highest BCUT2D eigenvalue weighted by Crippen LogP contribution is 2.19. The maximum Gasteiger partial charge on any atom is 0.00682 e. The van der Waals surface area contributed by atoms with E-state index in [9.17, 15) is 0 Å². The van der Waals surface area contributed by atoms with E-state index in [0.29, 0.717) is 0 Å². The molecule has 1 rings (SSSR count). The van der Waals surface area contributed by atoms with E-state index < -0.39 is 0 Å². The van der Waals surface area contributed by atoms with Crippen molar-refractivity contribution in [1.29, 1.82) is 0 Å². The fraction of sp³-hybridized carbons (Fsp3) is 1.00. The van der Waals surface area contributed by atoms with Crippen LogP contribution in [0.25, 0.3) is 0 Å². The molecule has 1 nitrogen and oxygen atoms in total. The Morgan fingerprint density at radius 1 is 0.800 bits per heavy atom. The quantitative estimate of drug-likeness (QED) is 0.359. The van der Waals surface area contributed by atoms with Crippen molar-refractivity contribution in [2.45, 2.75) is 110 Å². The van der Waals surface area contributed by atoms with Crippen LogP contribution in [0.15, 0.2) is 0 Å². The lowest BCUT2D eigenvalue weighted by Gasteiger charge is -2.11. The van der Waals surface area contributed by atoms with E-state index in [2.05, 4.69) is 19.2 Å². The summed E-state index contributed by atoms with van der Waals surface area (Å²) in [5, 5.41) is 3.63. The van der Waals surface area contributed by atoms with Crippen LogP contribution >= 0.6 is 0 Å². The first kappa shape index (κ1) is 18.0. The summed E-state index contributed by atoms with van der Waals surface area (Å²) < 4.78 is 0. The molecule has 1 heteroatoms. The second kappa shape index (κ2) is 12.7. The Morgan fingerprint density at radius 2 is 1.35 bits per heavy atom. The summed E-state index contributed by atoms with van der Waals surface area (Å²) in [5.74, 6) is 0.926. The Bertz CT molecular complexity index is 198. The lowest BCUT2D eigenvalue weighted by molar-refractivity contribution is 0.440. The number of unbranched alkanes of at least 4 members (excludes halogenated alkanes) is 9. The lowest BCUT2D eigenvalue weighted by Crippen LogP contribution is -2.19. The molecule has 0 radical (unpaired) electrons. The maximum absolute atomic E-state index is 3.63. The molecule has 1 fully saturated rings. The Balaban J connectivity index is 1.70. The summed E-state index contributed by atoms with van der Waals surface area (Å²) in [6.45, 7) is 5.98. The van der Waals surface area contributed by atoms with Crippen LogP contribution in [0, 0.1) is 5.92 Å². The summed E-state index contributed by atoms with van der Waals surface area (Å²) in [7, 11) is 0. The van der Waals surface area contributed by atoms with Crippen LogP contribution in [0.2, 0.25) is 0 Å². The monoisotopic (exact) mass is 281 g/mol. The molecule has 0 saturated heterocycles. The average molecular weight is 282 g/mol. The molecule has 20 heavy (non-hydrogen) atoms. The van der Waals surface area contributed by atoms with Gasteiger partial charge in [0.15, 0.2) is 0 Å². The van der Waals surface area contributed by atoms with Gasteiger partial charge < -0.3 is 5.32 Å². The molecule has 1 N–H and O–H groups in total. The van der Waals surface area contributed by atoms with E-state index in [4.69, 9.17) is 0 Å². The summed E-state index contributed by atoms with van der Waals surface area (Å²) in [6.07, 6.45) is 20.2. The van der Waals surface area contributed by atoms with Crippen LogP contribution < -0.4 is 5.32 Å². The average Bonchev–Trinajstić information content (AvgIpc) is 3.25. The Morgan fingerprint density at radius 3 is 1.90 bits per heavy atom. The van der Waals surface area contributed by atoms with Crippen LogP contribution in [0.1, 0.15) is 104 Å². The number of nitrogens with one attached hydrogen (secondary N) is 1. The first-order valence-electron chi connectivity index (χ1n) is 9.56. The zero-order chi connectivity index (χ0) is 14.5. The number of hydrogen-bond acceptors (Lipinski definition) is 1. The molecule has 1 atom stereocenters. The van der Waals surface area contributed by atoms with Crippen molar-refractivity contribution < 1.29 is 0 Å². The molecule has 0 heterocycles. The highest BCUT2D eigenvalue weighted by molar-refractivity contribution is 4.80. The second-order valence-corrected chi connectivity index (χ2v) is 7.09. The molecule has 0 bridgehead atoms. The standard InChI is InChI=1S/C19H39N/c1-3-4-5-6-7-8-9-10-11-12-13-18(2)16-17-20-19-14-15-19/h18-20H,3-17H2,1-2H3. The fourth-order valence-electron chi connectivity index (χ4n) is 2.95. The van der Waals surface area contributed by atoms with Crippen molar-refractivity contribution in [3.63, 3.8) is 0 Å². The Labute approximate surface area is 128 Å². The van der Waals surface area contributed by atoms with E-state index >= 15 is 0 Å². The third-order valence-corrected chi connectivity index (χ3v) is 4.70. The third kappa shape index (κ3) is 11.8. The first-order valence-corrected chi connectivity index (χ1v) is 9.56. The summed E-state index contributed by atoms with van der Waals surface area (Å²) in [4.78, 5) is 0. The van der Waals surface area contributed by atoms with Gasteiger partial charge in [0, 0.05) is 6.04 Å². The van der Waals surface area contributed by atoms with E-state index in [-0.39, 0.29) is 0 Å². The molecule has 1 aliphatic carbocycles. The lowest BCUT2D eigenvalue weighted by atomic mass is 9.98. The predicted molar refractivity (Wildman–Crippen MR) is 91.3 cm³/mol. The molecule has 0 aromatic rings. The van der Waals surface area contributed by atoms with Gasteiger partial charge in [0.1, 0.15) is 0 Å². The fourth-order valence-corrected chi connectivity index (χ4v) is 2.95. The smallest absolute Gasteiger partial charge is 0.00682 e. The molecule has 1 aliphatic rings. The van der Waals surface area contributed by atoms with Gasteiger partial charge in [0.2, 0.25) is 0 Å². The van der Waals surface area contributed by atoms with E-state index in [0.717, 1.165) is 12.0 Å². The zero-order valence-electron chi connectivity index (χ0n) is 14.3. The summed E-state index contributed by atoms with van der Waals surface area (Å²) in [5.41, 5.74) is 0. The van der Waals surface area contributed by atoms with Gasteiger partial charge >= 0.3 is 0 Å². The van der Waals surface area contributed by atoms with Crippen molar-refractivity contribution in [2.75, 3.05) is 6.54 Å². The minimum absolute atomic E-state index is 0.888. The topological polar surface area (TPSA) is 12.0 Å². The maximum atomic E-state index is 3.63. The minimum atomic E-state index is 0.888. The van der Waals surface area contributed by atoms with Crippen LogP contribution in [-0.2, 0) is 0 Å². The summed E-state index contributed by atoms with van der Waals surface area (Å²) >= 11 is 0. The number of rotatable bonds is 15. The van der Waals surface area contributed by atoms with E-state index in [1.165, 1.54) is 96.4 Å². The van der Waals surface area contributed by atoms with Gasteiger partial charge in [-0.1, -0.05) is 84.5 Å². The normalized spacial score (nSPS) is 16.5. The molecule has 0 aromatic carbocycles. The van der Waals surface area contributed by atoms with Gasteiger partial charge in [-0.15, -0.1) is 0 Å². The summed E-state index contributed by atoms with van der Waals surface area (Å²) in [6, 6.07) is 0.888. The van der Waals surface area contributed by atoms with Crippen LogP contribution in [0.3, 0.4) is 0 Å². The van der Waals surface area contributed by atoms with Crippen molar-refractivity contribution in [3.05, 3.63) is 0 Å². The van der Waals surface area contributed by atoms with Gasteiger partial charge in [-0.3, -0.25) is 0 Å². The van der Waals surface area contributed by atoms with Crippen LogP contribution in [0.5, 0.6) is 0 Å². The Hall–Kier alpha value is -0.0400. The largest absolute Gasteiger partial charge is 0.314 e. The molecule has 0 spiro atoms. The molecule has 1 unspecified atom stereocenters. The van der Waals surface area contributed by atoms with Gasteiger partial charge in [0.05, 0.1) is 0 Å². The first-order chi connectivity index (χ1) is 9.83. The van der Waals surface area contributed by atoms with Crippen LogP contribution in [-0.4, -0.2) is 12.6 Å². The predicted octanol–water partition coefficient (Wildman–Crippen LogP) is 6.08. The molecule has 120 valence electrons.